The zero-order valence-corrected chi connectivity index (χ0v) is 14.8. The summed E-state index contributed by atoms with van der Waals surface area (Å²) in [5.41, 5.74) is 2.26. The average Bonchev–Trinajstić information content (AvgIpc) is 3.03. The molecule has 0 fully saturated rings. The number of alkyl halides is 3. The maximum Gasteiger partial charge on any atom is 0.416 e. The van der Waals surface area contributed by atoms with Crippen molar-refractivity contribution in [2.75, 3.05) is 7.11 Å². The summed E-state index contributed by atoms with van der Waals surface area (Å²) in [6.45, 7) is 4.00. The van der Waals surface area contributed by atoms with Crippen molar-refractivity contribution < 1.29 is 22.7 Å². The molecule has 0 saturated heterocycles. The van der Waals surface area contributed by atoms with Crippen LogP contribution in [0.5, 0.6) is 0 Å². The summed E-state index contributed by atoms with van der Waals surface area (Å²) in [7, 11) is 1.32. The molecule has 138 valence electrons. The van der Waals surface area contributed by atoms with Crippen molar-refractivity contribution in [3.8, 4) is 0 Å². The Labute approximate surface area is 149 Å². The summed E-state index contributed by atoms with van der Waals surface area (Å²) >= 11 is 0. The molecule has 0 aliphatic carbocycles. The van der Waals surface area contributed by atoms with Crippen molar-refractivity contribution in [3.05, 3.63) is 70.9 Å². The SMILES string of the molecule is CC.COC(=O)c1ccc2[nH]c(Cc3ccc(C(F)(F)F)cc3)cc2c1. The highest BCUT2D eigenvalue weighted by atomic mass is 19.4. The van der Waals surface area contributed by atoms with Crippen LogP contribution in [0.2, 0.25) is 0 Å². The van der Waals surface area contributed by atoms with Gasteiger partial charge < -0.3 is 9.72 Å². The fraction of sp³-hybridized carbons (Fsp3) is 0.250. The molecule has 26 heavy (non-hydrogen) atoms. The zero-order valence-electron chi connectivity index (χ0n) is 14.8. The summed E-state index contributed by atoms with van der Waals surface area (Å²) in [6.07, 6.45) is -3.86. The van der Waals surface area contributed by atoms with Crippen molar-refractivity contribution in [1.82, 2.24) is 4.98 Å². The molecule has 1 heterocycles. The molecule has 0 spiro atoms. The number of hydrogen-bond acceptors (Lipinski definition) is 2. The number of aromatic amines is 1. The Kier molecular flexibility index (Phi) is 6.08. The number of esters is 1. The van der Waals surface area contributed by atoms with Crippen molar-refractivity contribution >= 4 is 16.9 Å². The first-order valence-corrected chi connectivity index (χ1v) is 8.23. The number of H-pyrrole nitrogens is 1. The fourth-order valence-electron chi connectivity index (χ4n) is 2.56. The minimum atomic E-state index is -4.33. The van der Waals surface area contributed by atoms with Gasteiger partial charge in [-0.25, -0.2) is 4.79 Å². The number of halogens is 3. The second-order valence-electron chi connectivity index (χ2n) is 5.46. The summed E-state index contributed by atoms with van der Waals surface area (Å²) in [5.74, 6) is -0.414. The minimum Gasteiger partial charge on any atom is -0.465 e. The molecule has 3 aromatic rings. The monoisotopic (exact) mass is 363 g/mol. The normalized spacial score (nSPS) is 11.0. The van der Waals surface area contributed by atoms with Crippen molar-refractivity contribution in [1.29, 1.82) is 0 Å². The Hall–Kier alpha value is -2.76. The second kappa shape index (κ2) is 8.08. The van der Waals surface area contributed by atoms with Gasteiger partial charge in [0, 0.05) is 23.0 Å². The van der Waals surface area contributed by atoms with E-state index in [1.807, 2.05) is 19.9 Å². The average molecular weight is 363 g/mol. The number of ether oxygens (including phenoxy) is 1. The van der Waals surface area contributed by atoms with Crippen LogP contribution in [-0.4, -0.2) is 18.1 Å². The Morgan fingerprint density at radius 2 is 1.69 bits per heavy atom. The van der Waals surface area contributed by atoms with Gasteiger partial charge in [-0.3, -0.25) is 0 Å². The highest BCUT2D eigenvalue weighted by molar-refractivity contribution is 5.94. The summed E-state index contributed by atoms with van der Waals surface area (Å²) in [4.78, 5) is 14.7. The van der Waals surface area contributed by atoms with E-state index in [4.69, 9.17) is 0 Å². The molecule has 3 rings (SSSR count). The number of hydrogen-bond donors (Lipinski definition) is 1. The van der Waals surface area contributed by atoms with Crippen LogP contribution in [0.25, 0.3) is 10.9 Å². The smallest absolute Gasteiger partial charge is 0.416 e. The van der Waals surface area contributed by atoms with Crippen molar-refractivity contribution in [2.45, 2.75) is 26.4 Å². The van der Waals surface area contributed by atoms with Crippen LogP contribution in [0, 0.1) is 0 Å². The number of carbonyl (C=O) groups is 1. The van der Waals surface area contributed by atoms with Gasteiger partial charge in [-0.05, 0) is 42.0 Å². The van der Waals surface area contributed by atoms with Crippen LogP contribution in [0.1, 0.15) is 41.0 Å². The number of methoxy groups -OCH3 is 1. The molecule has 0 radical (unpaired) electrons. The first kappa shape index (κ1) is 19.6. The van der Waals surface area contributed by atoms with E-state index in [1.54, 1.807) is 18.2 Å². The molecular weight excluding hydrogens is 343 g/mol. The number of nitrogens with one attached hydrogen (secondary N) is 1. The van der Waals surface area contributed by atoms with Gasteiger partial charge in [-0.1, -0.05) is 26.0 Å². The van der Waals surface area contributed by atoms with Crippen LogP contribution >= 0.6 is 0 Å². The molecule has 1 N–H and O–H groups in total. The topological polar surface area (TPSA) is 42.1 Å². The first-order chi connectivity index (χ1) is 12.4. The van der Waals surface area contributed by atoms with Gasteiger partial charge >= 0.3 is 12.1 Å². The van der Waals surface area contributed by atoms with E-state index >= 15 is 0 Å². The predicted molar refractivity (Wildman–Crippen MR) is 95.2 cm³/mol. The van der Waals surface area contributed by atoms with Crippen molar-refractivity contribution in [2.24, 2.45) is 0 Å². The lowest BCUT2D eigenvalue weighted by Crippen LogP contribution is -2.04. The molecule has 0 saturated carbocycles. The zero-order chi connectivity index (χ0) is 19.3. The molecule has 0 amide bonds. The van der Waals surface area contributed by atoms with E-state index in [-0.39, 0.29) is 0 Å². The third-order valence-corrected chi connectivity index (χ3v) is 3.77. The second-order valence-corrected chi connectivity index (χ2v) is 5.46. The molecule has 0 bridgehead atoms. The lowest BCUT2D eigenvalue weighted by molar-refractivity contribution is -0.137. The third-order valence-electron chi connectivity index (χ3n) is 3.77. The van der Waals surface area contributed by atoms with E-state index in [2.05, 4.69) is 9.72 Å². The number of benzene rings is 2. The number of rotatable bonds is 3. The molecule has 3 nitrogen and oxygen atoms in total. The molecule has 1 aromatic heterocycles. The van der Waals surface area contributed by atoms with E-state index < -0.39 is 17.7 Å². The standard InChI is InChI=1S/C18H14F3NO2.C2H6/c1-24-17(23)12-4-7-16-13(9-12)10-15(22-16)8-11-2-5-14(6-3-11)18(19,20)21;1-2/h2-7,9-10,22H,8H2,1H3;1-2H3. The molecule has 2 aromatic carbocycles. The predicted octanol–water partition coefficient (Wildman–Crippen LogP) is 5.59. The summed E-state index contributed by atoms with van der Waals surface area (Å²) in [6, 6.07) is 12.1. The molecule has 0 atom stereocenters. The van der Waals surface area contributed by atoms with Crippen LogP contribution in [0.15, 0.2) is 48.5 Å². The van der Waals surface area contributed by atoms with E-state index in [1.165, 1.54) is 19.2 Å². The number of fused-ring (bicyclic) bond motifs is 1. The van der Waals surface area contributed by atoms with Crippen molar-refractivity contribution in [3.63, 3.8) is 0 Å². The summed E-state index contributed by atoms with van der Waals surface area (Å²) in [5, 5.41) is 0.847. The van der Waals surface area contributed by atoms with E-state index in [0.29, 0.717) is 12.0 Å². The first-order valence-electron chi connectivity index (χ1n) is 8.23. The van der Waals surface area contributed by atoms with Gasteiger partial charge in [0.25, 0.3) is 0 Å². The highest BCUT2D eigenvalue weighted by Gasteiger charge is 2.29. The quantitative estimate of drug-likeness (QED) is 0.616. The molecule has 0 aliphatic rings. The van der Waals surface area contributed by atoms with Gasteiger partial charge in [-0.2, -0.15) is 13.2 Å². The van der Waals surface area contributed by atoms with Gasteiger partial charge in [0.1, 0.15) is 0 Å². The van der Waals surface area contributed by atoms with Gasteiger partial charge in [0.15, 0.2) is 0 Å². The maximum atomic E-state index is 12.6. The molecule has 6 heteroatoms. The molecule has 0 aliphatic heterocycles. The van der Waals surface area contributed by atoms with Gasteiger partial charge in [0.2, 0.25) is 0 Å². The Morgan fingerprint density at radius 3 is 2.27 bits per heavy atom. The van der Waals surface area contributed by atoms with E-state index in [9.17, 15) is 18.0 Å². The fourth-order valence-corrected chi connectivity index (χ4v) is 2.56. The van der Waals surface area contributed by atoms with Gasteiger partial charge in [-0.15, -0.1) is 0 Å². The lowest BCUT2D eigenvalue weighted by atomic mass is 10.1. The highest BCUT2D eigenvalue weighted by Crippen LogP contribution is 2.29. The van der Waals surface area contributed by atoms with Crippen LogP contribution in [0.3, 0.4) is 0 Å². The van der Waals surface area contributed by atoms with Crippen LogP contribution in [-0.2, 0) is 17.3 Å². The lowest BCUT2D eigenvalue weighted by Gasteiger charge is -2.07. The number of aromatic nitrogens is 1. The number of carbonyl (C=O) groups excluding carboxylic acids is 1. The molecule has 0 unspecified atom stereocenters. The van der Waals surface area contributed by atoms with E-state index in [0.717, 1.165) is 34.3 Å². The van der Waals surface area contributed by atoms with Crippen LogP contribution in [0.4, 0.5) is 13.2 Å². The Balaban J connectivity index is 0.00000117. The van der Waals surface area contributed by atoms with Crippen LogP contribution < -0.4 is 0 Å². The third kappa shape index (κ3) is 4.45. The maximum absolute atomic E-state index is 12.6. The minimum absolute atomic E-state index is 0.414. The largest absolute Gasteiger partial charge is 0.465 e. The summed E-state index contributed by atoms with van der Waals surface area (Å²) < 4.78 is 42.4. The Bertz CT molecular complexity index is 880. The Morgan fingerprint density at radius 1 is 1.04 bits per heavy atom. The van der Waals surface area contributed by atoms with Gasteiger partial charge in [0.05, 0.1) is 18.2 Å². The molecular formula is C20H20F3NO2.